The molecule has 0 unspecified atom stereocenters. The summed E-state index contributed by atoms with van der Waals surface area (Å²) in [7, 11) is 0. The number of allylic oxidation sites excluding steroid dienone is 3. The Hall–Kier alpha value is -1.18. The number of aliphatic imine (C=N–C) groups is 1. The van der Waals surface area contributed by atoms with E-state index >= 15 is 0 Å². The van der Waals surface area contributed by atoms with Crippen molar-refractivity contribution in [2.75, 3.05) is 0 Å². The number of hydrogen-bond acceptors (Lipinski definition) is 2. The molecule has 0 radical (unpaired) electrons. The lowest BCUT2D eigenvalue weighted by molar-refractivity contribution is -0.121. The van der Waals surface area contributed by atoms with Crippen LogP contribution in [0.3, 0.4) is 0 Å². The molecule has 2 heteroatoms. The lowest BCUT2D eigenvalue weighted by Crippen LogP contribution is -2.06. The molecule has 0 aliphatic rings. The Labute approximate surface area is 86.4 Å². The molecule has 0 amide bonds. The Bertz CT molecular complexity index is 249. The highest BCUT2D eigenvalue weighted by molar-refractivity contribution is 5.80. The number of rotatable bonds is 6. The summed E-state index contributed by atoms with van der Waals surface area (Å²) in [5, 5.41) is 0. The molecule has 0 rings (SSSR count). The molecule has 0 atom stereocenters. The maximum absolute atomic E-state index is 11.3. The van der Waals surface area contributed by atoms with Crippen LogP contribution in [0.2, 0.25) is 0 Å². The van der Waals surface area contributed by atoms with Gasteiger partial charge in [-0.3, -0.25) is 9.79 Å². The van der Waals surface area contributed by atoms with Crippen molar-refractivity contribution in [1.82, 2.24) is 0 Å². The summed E-state index contributed by atoms with van der Waals surface area (Å²) in [5.74, 6) is 0.443. The van der Waals surface area contributed by atoms with E-state index in [1.165, 1.54) is 0 Å². The Kier molecular flexibility index (Phi) is 6.63. The van der Waals surface area contributed by atoms with Gasteiger partial charge in [-0.25, -0.2) is 0 Å². The molecule has 78 valence electrons. The van der Waals surface area contributed by atoms with E-state index in [9.17, 15) is 4.79 Å². The molecule has 2 nitrogen and oxygen atoms in total. The Morgan fingerprint density at radius 1 is 1.43 bits per heavy atom. The first kappa shape index (κ1) is 12.8. The van der Waals surface area contributed by atoms with Crippen molar-refractivity contribution in [2.24, 2.45) is 10.9 Å². The zero-order valence-electron chi connectivity index (χ0n) is 9.29. The van der Waals surface area contributed by atoms with Crippen molar-refractivity contribution in [3.8, 4) is 0 Å². The first-order valence-corrected chi connectivity index (χ1v) is 4.92. The summed E-state index contributed by atoms with van der Waals surface area (Å²) in [4.78, 5) is 15.0. The monoisotopic (exact) mass is 193 g/mol. The predicted octanol–water partition coefficient (Wildman–Crippen LogP) is 3.15. The Morgan fingerprint density at radius 2 is 2.07 bits per heavy atom. The van der Waals surface area contributed by atoms with Crippen molar-refractivity contribution in [1.29, 1.82) is 0 Å². The molecule has 0 saturated heterocycles. The molecule has 0 saturated carbocycles. The third-order valence-electron chi connectivity index (χ3n) is 2.07. The predicted molar refractivity (Wildman–Crippen MR) is 61.5 cm³/mol. The number of carbonyl (C=O) groups is 1. The van der Waals surface area contributed by atoms with Gasteiger partial charge in [0, 0.05) is 18.5 Å². The lowest BCUT2D eigenvalue weighted by atomic mass is 10.0. The van der Waals surface area contributed by atoms with Crippen LogP contribution in [0, 0.1) is 5.92 Å². The van der Waals surface area contributed by atoms with Crippen LogP contribution in [0.25, 0.3) is 0 Å². The van der Waals surface area contributed by atoms with E-state index in [0.717, 1.165) is 12.0 Å². The third kappa shape index (κ3) is 5.46. The molecule has 0 aromatic carbocycles. The van der Waals surface area contributed by atoms with E-state index in [0.29, 0.717) is 12.2 Å². The smallest absolute Gasteiger partial charge is 0.135 e. The summed E-state index contributed by atoms with van der Waals surface area (Å²) >= 11 is 0. The average molecular weight is 193 g/mol. The molecule has 0 spiro atoms. The Balaban J connectivity index is 4.04. The van der Waals surface area contributed by atoms with Gasteiger partial charge in [-0.15, -0.1) is 0 Å². The minimum absolute atomic E-state index is 0.134. The number of carbonyl (C=O) groups excluding carboxylic acids is 1. The van der Waals surface area contributed by atoms with Gasteiger partial charge in [0.2, 0.25) is 0 Å². The fourth-order valence-corrected chi connectivity index (χ4v) is 1.03. The summed E-state index contributed by atoms with van der Waals surface area (Å²) in [6.07, 6.45) is 6.93. The quantitative estimate of drug-likeness (QED) is 0.470. The molecule has 0 bridgehead atoms. The summed E-state index contributed by atoms with van der Waals surface area (Å²) in [6.45, 7) is 9.18. The zero-order valence-corrected chi connectivity index (χ0v) is 9.29. The molecule has 0 fully saturated rings. The van der Waals surface area contributed by atoms with Crippen molar-refractivity contribution in [2.45, 2.75) is 33.6 Å². The van der Waals surface area contributed by atoms with E-state index in [1.54, 1.807) is 6.20 Å². The maximum Gasteiger partial charge on any atom is 0.135 e. The van der Waals surface area contributed by atoms with Crippen molar-refractivity contribution in [3.63, 3.8) is 0 Å². The zero-order chi connectivity index (χ0) is 11.0. The third-order valence-corrected chi connectivity index (χ3v) is 2.07. The molecule has 0 aliphatic carbocycles. The molecule has 14 heavy (non-hydrogen) atoms. The minimum Gasteiger partial charge on any atom is -0.299 e. The van der Waals surface area contributed by atoms with Crippen LogP contribution in [-0.2, 0) is 4.79 Å². The first-order chi connectivity index (χ1) is 6.61. The van der Waals surface area contributed by atoms with E-state index < -0.39 is 0 Å². The van der Waals surface area contributed by atoms with E-state index in [4.69, 9.17) is 0 Å². The largest absolute Gasteiger partial charge is 0.299 e. The van der Waals surface area contributed by atoms with Crippen LogP contribution in [0.1, 0.15) is 33.6 Å². The van der Waals surface area contributed by atoms with Crippen LogP contribution in [0.5, 0.6) is 0 Å². The van der Waals surface area contributed by atoms with Crippen LogP contribution >= 0.6 is 0 Å². The van der Waals surface area contributed by atoms with E-state index in [-0.39, 0.29) is 5.92 Å². The topological polar surface area (TPSA) is 29.4 Å². The number of hydrogen-bond donors (Lipinski definition) is 0. The van der Waals surface area contributed by atoms with Gasteiger partial charge in [0.25, 0.3) is 0 Å². The minimum atomic E-state index is 0.134. The van der Waals surface area contributed by atoms with Gasteiger partial charge in [0.15, 0.2) is 0 Å². The highest BCUT2D eigenvalue weighted by Gasteiger charge is 2.06. The van der Waals surface area contributed by atoms with Crippen LogP contribution in [-0.4, -0.2) is 12.5 Å². The normalized spacial score (nSPS) is 12.4. The van der Waals surface area contributed by atoms with Crippen LogP contribution in [0.15, 0.2) is 28.9 Å². The fourth-order valence-electron chi connectivity index (χ4n) is 1.03. The number of Topliss-reactive ketones (excluding diaryl/α,β-unsaturated/α-hetero) is 1. The SMILES string of the molecule is C=N/C=C\C(=C/C)CCC(=O)C(C)C. The molecule has 0 N–H and O–H groups in total. The number of ketones is 1. The van der Waals surface area contributed by atoms with Crippen molar-refractivity contribution >= 4 is 12.5 Å². The molecular weight excluding hydrogens is 174 g/mol. The average Bonchev–Trinajstić information content (AvgIpc) is 2.17. The molecule has 0 aromatic heterocycles. The summed E-state index contributed by atoms with van der Waals surface area (Å²) in [5.41, 5.74) is 1.13. The van der Waals surface area contributed by atoms with Gasteiger partial charge >= 0.3 is 0 Å². The lowest BCUT2D eigenvalue weighted by Gasteiger charge is -2.03. The highest BCUT2D eigenvalue weighted by atomic mass is 16.1. The van der Waals surface area contributed by atoms with E-state index in [1.807, 2.05) is 32.9 Å². The van der Waals surface area contributed by atoms with Crippen molar-refractivity contribution in [3.05, 3.63) is 23.9 Å². The summed E-state index contributed by atoms with van der Waals surface area (Å²) < 4.78 is 0. The van der Waals surface area contributed by atoms with Crippen LogP contribution < -0.4 is 0 Å². The van der Waals surface area contributed by atoms with Crippen LogP contribution in [0.4, 0.5) is 0 Å². The second kappa shape index (κ2) is 7.25. The molecular formula is C12H19NO. The second-order valence-corrected chi connectivity index (χ2v) is 3.48. The van der Waals surface area contributed by atoms with Crippen molar-refractivity contribution < 1.29 is 4.79 Å². The Morgan fingerprint density at radius 3 is 2.50 bits per heavy atom. The number of nitrogens with zero attached hydrogens (tertiary/aromatic N) is 1. The van der Waals surface area contributed by atoms with E-state index in [2.05, 4.69) is 11.7 Å². The second-order valence-electron chi connectivity index (χ2n) is 3.48. The molecule has 0 aromatic rings. The van der Waals surface area contributed by atoms with Gasteiger partial charge in [0.1, 0.15) is 5.78 Å². The standard InChI is InChI=1S/C12H19NO/c1-5-11(8-9-13-4)6-7-12(14)10(2)3/h5,8-10H,4,6-7H2,1-3H3/b9-8-,11-5-. The van der Waals surface area contributed by atoms with Gasteiger partial charge in [-0.05, 0) is 26.1 Å². The van der Waals surface area contributed by atoms with Gasteiger partial charge < -0.3 is 0 Å². The van der Waals surface area contributed by atoms with Gasteiger partial charge in [-0.1, -0.05) is 25.5 Å². The van der Waals surface area contributed by atoms with Gasteiger partial charge in [0.05, 0.1) is 0 Å². The molecule has 0 heterocycles. The molecule has 0 aliphatic heterocycles. The summed E-state index contributed by atoms with van der Waals surface area (Å²) in [6, 6.07) is 0. The van der Waals surface area contributed by atoms with Gasteiger partial charge in [-0.2, -0.15) is 0 Å². The maximum atomic E-state index is 11.3. The fraction of sp³-hybridized carbons (Fsp3) is 0.500. The highest BCUT2D eigenvalue weighted by Crippen LogP contribution is 2.10. The first-order valence-electron chi connectivity index (χ1n) is 4.92.